The minimum atomic E-state index is -0.388. The fraction of sp³-hybridized carbons (Fsp3) is 0.286. The highest BCUT2D eigenvalue weighted by Gasteiger charge is 2.79. The number of nitriles is 2. The maximum Gasteiger partial charge on any atom is 0.0976 e. The molecule has 0 saturated heterocycles. The summed E-state index contributed by atoms with van der Waals surface area (Å²) in [7, 11) is 0. The van der Waals surface area contributed by atoms with Gasteiger partial charge >= 0.3 is 0 Å². The van der Waals surface area contributed by atoms with Crippen LogP contribution in [0.5, 0.6) is 0 Å². The molecule has 0 radical (unpaired) electrons. The van der Waals surface area contributed by atoms with Gasteiger partial charge in [-0.25, -0.2) is 0 Å². The Balaban J connectivity index is 2.17. The van der Waals surface area contributed by atoms with Gasteiger partial charge < -0.3 is 0 Å². The Kier molecular flexibility index (Phi) is 1.74. The van der Waals surface area contributed by atoms with Crippen LogP contribution in [-0.4, -0.2) is 6.84 Å². The van der Waals surface area contributed by atoms with E-state index in [4.69, 9.17) is 0 Å². The van der Waals surface area contributed by atoms with Crippen LogP contribution in [-0.2, 0) is 0 Å². The van der Waals surface area contributed by atoms with Crippen LogP contribution in [0, 0.1) is 33.5 Å². The van der Waals surface area contributed by atoms with Crippen molar-refractivity contribution in [2.45, 2.75) is 6.84 Å². The van der Waals surface area contributed by atoms with E-state index < -0.39 is 0 Å². The molecule has 0 aromatic rings. The second-order valence-electron chi connectivity index (χ2n) is 5.14. The summed E-state index contributed by atoms with van der Waals surface area (Å²) in [5, 5.41) is 19.0. The normalized spacial score (nSPS) is 52.9. The van der Waals surface area contributed by atoms with Gasteiger partial charge in [0.25, 0.3) is 0 Å². The molecule has 2 unspecified atom stereocenters. The Morgan fingerprint density at radius 1 is 0.722 bits per heavy atom. The molecule has 0 saturated carbocycles. The highest BCUT2D eigenvalue weighted by molar-refractivity contribution is 14.1. The zero-order chi connectivity index (χ0) is 12.8. The molecule has 0 aromatic heterocycles. The van der Waals surface area contributed by atoms with Crippen molar-refractivity contribution in [2.75, 3.05) is 0 Å². The fourth-order valence-corrected chi connectivity index (χ4v) is 6.56. The van der Waals surface area contributed by atoms with Gasteiger partial charge in [-0.15, -0.1) is 0 Å². The van der Waals surface area contributed by atoms with Gasteiger partial charge in [-0.1, -0.05) is 81.6 Å². The third-order valence-electron chi connectivity index (χ3n) is 4.85. The van der Waals surface area contributed by atoms with Gasteiger partial charge in [-0.05, 0) is 0 Å². The number of hydrogen-bond acceptors (Lipinski definition) is 2. The Morgan fingerprint density at radius 2 is 1.06 bits per heavy atom. The van der Waals surface area contributed by atoms with E-state index in [0.29, 0.717) is 11.1 Å². The number of rotatable bonds is 0. The van der Waals surface area contributed by atoms with Crippen LogP contribution in [0.1, 0.15) is 0 Å². The predicted octanol–water partition coefficient (Wildman–Crippen LogP) is 3.37. The molecule has 0 N–H and O–H groups in total. The summed E-state index contributed by atoms with van der Waals surface area (Å²) in [6.45, 7) is 0. The molecule has 2 nitrogen and oxygen atoms in total. The first-order valence-electron chi connectivity index (χ1n) is 5.56. The van der Waals surface area contributed by atoms with E-state index in [2.05, 4.69) is 93.8 Å². The van der Waals surface area contributed by atoms with Crippen molar-refractivity contribution in [2.24, 2.45) is 10.8 Å². The molecule has 0 amide bonds. The van der Waals surface area contributed by atoms with E-state index in [9.17, 15) is 10.5 Å². The Labute approximate surface area is 132 Å². The van der Waals surface area contributed by atoms with Crippen molar-refractivity contribution in [3.63, 3.8) is 0 Å². The van der Waals surface area contributed by atoms with E-state index in [0.717, 1.165) is 0 Å². The van der Waals surface area contributed by atoms with Gasteiger partial charge in [-0.3, -0.25) is 0 Å². The van der Waals surface area contributed by atoms with Gasteiger partial charge in [0.1, 0.15) is 0 Å². The van der Waals surface area contributed by atoms with Crippen LogP contribution in [0.4, 0.5) is 0 Å². The van der Waals surface area contributed by atoms with Crippen LogP contribution < -0.4 is 0 Å². The molecule has 4 heteroatoms. The topological polar surface area (TPSA) is 47.6 Å². The third kappa shape index (κ3) is 0.703. The number of nitrogens with zero attached hydrogens (tertiary/aromatic N) is 2. The average molecular weight is 456 g/mol. The second kappa shape index (κ2) is 2.78. The van der Waals surface area contributed by atoms with Crippen molar-refractivity contribution < 1.29 is 0 Å². The zero-order valence-corrected chi connectivity index (χ0v) is 13.4. The van der Waals surface area contributed by atoms with Crippen molar-refractivity contribution >= 4 is 45.2 Å². The van der Waals surface area contributed by atoms with Gasteiger partial charge in [0.15, 0.2) is 0 Å². The van der Waals surface area contributed by atoms with Crippen LogP contribution in [0.15, 0.2) is 47.6 Å². The van der Waals surface area contributed by atoms with Crippen molar-refractivity contribution in [3.8, 4) is 12.1 Å². The smallest absolute Gasteiger partial charge is 0.0976 e. The molecule has 0 aromatic carbocycles. The van der Waals surface area contributed by atoms with E-state index in [1.807, 2.05) is 0 Å². The van der Waals surface area contributed by atoms with Crippen LogP contribution in [0.25, 0.3) is 0 Å². The summed E-state index contributed by atoms with van der Waals surface area (Å²) >= 11 is 4.69. The van der Waals surface area contributed by atoms with Crippen LogP contribution in [0.2, 0.25) is 0 Å². The molecule has 0 heterocycles. The number of halogens is 2. The quantitative estimate of drug-likeness (QED) is 0.319. The summed E-state index contributed by atoms with van der Waals surface area (Å²) in [5.74, 6) is 0. The largest absolute Gasteiger partial charge is 0.193 e. The molecule has 0 fully saturated rings. The molecule has 0 spiro atoms. The van der Waals surface area contributed by atoms with E-state index in [1.54, 1.807) is 0 Å². The lowest BCUT2D eigenvalue weighted by atomic mass is 9.34. The van der Waals surface area contributed by atoms with E-state index in [-0.39, 0.29) is 17.7 Å². The molecule has 2 atom stereocenters. The number of alkyl halides is 2. The Bertz CT molecular complexity index is 641. The monoisotopic (exact) mass is 456 g/mol. The van der Waals surface area contributed by atoms with Gasteiger partial charge in [0.2, 0.25) is 0 Å². The summed E-state index contributed by atoms with van der Waals surface area (Å²) in [5.41, 5.74) is 1.07. The minimum absolute atomic E-state index is 0.0953. The van der Waals surface area contributed by atoms with Crippen LogP contribution in [0.3, 0.4) is 0 Å². The lowest BCUT2D eigenvalue weighted by Gasteiger charge is -2.73. The predicted molar refractivity (Wildman–Crippen MR) is 84.0 cm³/mol. The summed E-state index contributed by atoms with van der Waals surface area (Å²) < 4.78 is -0.776. The lowest BCUT2D eigenvalue weighted by Crippen LogP contribution is -2.73. The molecule has 5 aliphatic rings. The van der Waals surface area contributed by atoms with Crippen molar-refractivity contribution in [1.29, 1.82) is 10.5 Å². The molecule has 0 aliphatic heterocycles. The molecule has 86 valence electrons. The fourth-order valence-electron chi connectivity index (χ4n) is 3.81. The zero-order valence-electron chi connectivity index (χ0n) is 9.11. The highest BCUT2D eigenvalue weighted by atomic mass is 127. The first-order valence-corrected chi connectivity index (χ1v) is 7.71. The first kappa shape index (κ1) is 11.2. The van der Waals surface area contributed by atoms with Crippen molar-refractivity contribution in [1.82, 2.24) is 0 Å². The van der Waals surface area contributed by atoms with Gasteiger partial charge in [0, 0.05) is 10.8 Å². The maximum atomic E-state index is 9.50. The number of allylic oxidation sites excluding steroid dienone is 8. The van der Waals surface area contributed by atoms with Gasteiger partial charge in [0.05, 0.1) is 30.1 Å². The standard InChI is InChI=1S/C14H6I2N2/c15-13-5-6-14(16,10(8-18)9(13)7-17)12-2-1-11(12,13)3-4-12/h1-6H. The average Bonchev–Trinajstić information content (AvgIpc) is 2.33. The SMILES string of the molecule is N#CC1=C(C#N)C2(I)C=CC1(I)C13C=CC21C=C3. The lowest BCUT2D eigenvalue weighted by molar-refractivity contribution is 0.120. The van der Waals surface area contributed by atoms with Crippen LogP contribution >= 0.6 is 45.2 Å². The van der Waals surface area contributed by atoms with Crippen molar-refractivity contribution in [3.05, 3.63) is 47.6 Å². The summed E-state index contributed by atoms with van der Waals surface area (Å²) in [6, 6.07) is 4.58. The third-order valence-corrected chi connectivity index (χ3v) is 8.43. The molecule has 18 heavy (non-hydrogen) atoms. The summed E-state index contributed by atoms with van der Waals surface area (Å²) in [6.07, 6.45) is 13.0. The molecular weight excluding hydrogens is 450 g/mol. The minimum Gasteiger partial charge on any atom is -0.193 e. The number of hydrogen-bond donors (Lipinski definition) is 0. The second-order valence-corrected chi connectivity index (χ2v) is 8.54. The maximum absolute atomic E-state index is 9.50. The highest BCUT2D eigenvalue weighted by Crippen LogP contribution is 2.80. The Morgan fingerprint density at radius 3 is 1.28 bits per heavy atom. The Hall–Kier alpha value is -0.600. The van der Waals surface area contributed by atoms with Gasteiger partial charge in [-0.2, -0.15) is 10.5 Å². The summed E-state index contributed by atoms with van der Waals surface area (Å²) in [4.78, 5) is 0. The van der Waals surface area contributed by atoms with E-state index >= 15 is 0 Å². The molecular formula is C14H6I2N2. The molecule has 5 aliphatic carbocycles. The first-order chi connectivity index (χ1) is 8.51. The molecule has 5 rings (SSSR count). The molecule has 2 bridgehead atoms. The van der Waals surface area contributed by atoms with E-state index in [1.165, 1.54) is 0 Å².